The SMILES string of the molecule is CCn1c(-c2cnccc2COC)c2c3cc(ccc31)-c1cc(O)cc(c1)C[C@H](NC(=O)[C@H](C(C)C)N(C)C(=O)CN(C)C(=O)[C@H]1CN1OC)C(=O)N1CCC[C@H](N1)C(=O)OCC(C)(C)C2. The zero-order valence-corrected chi connectivity index (χ0v) is 39.6. The van der Waals surface area contributed by atoms with Crippen LogP contribution in [0.2, 0.25) is 0 Å². The Morgan fingerprint density at radius 3 is 2.55 bits per heavy atom. The van der Waals surface area contributed by atoms with E-state index in [1.54, 1.807) is 39.3 Å². The number of pyridine rings is 1. The molecule has 3 N–H and O–H groups in total. The number of likely N-dealkylation sites (N-methyl/N-ethyl adjacent to an activating group) is 2. The van der Waals surface area contributed by atoms with E-state index < -0.39 is 59.2 Å². The number of aryl methyl sites for hydroxylation is 1. The molecule has 0 saturated carbocycles. The number of esters is 1. The second-order valence-corrected chi connectivity index (χ2v) is 18.9. The fourth-order valence-corrected chi connectivity index (χ4v) is 9.44. The molecule has 4 amide bonds. The number of carbonyl (C=O) groups is 5. The number of aromatic hydroxyl groups is 1. The molecule has 2 aromatic heterocycles. The van der Waals surface area contributed by atoms with Crippen LogP contribution in [0.3, 0.4) is 0 Å². The summed E-state index contributed by atoms with van der Waals surface area (Å²) in [6, 6.07) is 9.83. The fourth-order valence-electron chi connectivity index (χ4n) is 9.44. The predicted molar refractivity (Wildman–Crippen MR) is 247 cm³/mol. The molecular formula is C49H64N8O9. The van der Waals surface area contributed by atoms with Crippen LogP contribution >= 0.6 is 0 Å². The Kier molecular flexibility index (Phi) is 14.5. The monoisotopic (exact) mass is 908 g/mol. The van der Waals surface area contributed by atoms with Crippen LogP contribution in [-0.4, -0.2) is 143 Å². The zero-order chi connectivity index (χ0) is 47.6. The van der Waals surface area contributed by atoms with E-state index in [0.717, 1.165) is 38.9 Å². The lowest BCUT2D eigenvalue weighted by Gasteiger charge is -2.37. The molecule has 2 saturated heterocycles. The predicted octanol–water partition coefficient (Wildman–Crippen LogP) is 4.08. The van der Waals surface area contributed by atoms with Gasteiger partial charge in [-0.2, -0.15) is 5.06 Å². The third-order valence-electron chi connectivity index (χ3n) is 12.9. The minimum Gasteiger partial charge on any atom is -0.508 e. The van der Waals surface area contributed by atoms with Crippen molar-refractivity contribution >= 4 is 40.5 Å². The minimum absolute atomic E-state index is 0.0231. The number of hydrogen-bond donors (Lipinski definition) is 3. The van der Waals surface area contributed by atoms with Crippen LogP contribution in [0.15, 0.2) is 54.9 Å². The van der Waals surface area contributed by atoms with Crippen molar-refractivity contribution in [1.82, 2.24) is 40.2 Å². The first-order valence-electron chi connectivity index (χ1n) is 22.7. The molecule has 1 unspecified atom stereocenters. The number of aromatic nitrogens is 2. The number of ether oxygens (including phenoxy) is 2. The van der Waals surface area contributed by atoms with E-state index in [1.807, 2.05) is 24.4 Å². The first-order chi connectivity index (χ1) is 31.4. The molecule has 2 fully saturated rings. The molecule has 2 aromatic carbocycles. The highest BCUT2D eigenvalue weighted by Gasteiger charge is 2.44. The molecule has 0 radical (unpaired) electrons. The number of hydrazine groups is 1. The Morgan fingerprint density at radius 2 is 1.85 bits per heavy atom. The van der Waals surface area contributed by atoms with Gasteiger partial charge >= 0.3 is 5.97 Å². The topological polar surface area (TPSA) is 188 Å². The van der Waals surface area contributed by atoms with Gasteiger partial charge < -0.3 is 39.1 Å². The molecule has 3 aliphatic rings. The Labute approximate surface area is 386 Å². The van der Waals surface area contributed by atoms with Crippen molar-refractivity contribution in [3.8, 4) is 28.1 Å². The molecule has 3 aliphatic heterocycles. The normalized spacial score (nSPS) is 21.2. The average Bonchev–Trinajstić information content (AvgIpc) is 4.02. The smallest absolute Gasteiger partial charge is 0.324 e. The van der Waals surface area contributed by atoms with E-state index in [1.165, 1.54) is 41.1 Å². The lowest BCUT2D eigenvalue weighted by molar-refractivity contribution is -0.155. The first kappa shape index (κ1) is 48.1. The maximum atomic E-state index is 14.7. The maximum Gasteiger partial charge on any atom is 0.324 e. The minimum atomic E-state index is -1.19. The van der Waals surface area contributed by atoms with Gasteiger partial charge in [0.2, 0.25) is 17.7 Å². The number of hydroxylamine groups is 2. The van der Waals surface area contributed by atoms with E-state index >= 15 is 0 Å². The number of benzene rings is 2. The molecule has 5 atom stereocenters. The zero-order valence-electron chi connectivity index (χ0n) is 39.6. The van der Waals surface area contributed by atoms with Crippen LogP contribution in [0.5, 0.6) is 5.75 Å². The van der Waals surface area contributed by atoms with Crippen LogP contribution in [0.4, 0.5) is 0 Å². The summed E-state index contributed by atoms with van der Waals surface area (Å²) in [6.45, 7) is 11.4. The van der Waals surface area contributed by atoms with Gasteiger partial charge in [-0.3, -0.25) is 34.0 Å². The second-order valence-electron chi connectivity index (χ2n) is 18.9. The van der Waals surface area contributed by atoms with Crippen molar-refractivity contribution in [1.29, 1.82) is 0 Å². The summed E-state index contributed by atoms with van der Waals surface area (Å²) in [5.74, 6) is -2.71. The molecule has 6 bridgehead atoms. The van der Waals surface area contributed by atoms with E-state index in [2.05, 4.69) is 53.2 Å². The van der Waals surface area contributed by atoms with Crippen molar-refractivity contribution in [3.05, 3.63) is 71.5 Å². The molecule has 354 valence electrons. The quantitative estimate of drug-likeness (QED) is 0.137. The number of cyclic esters (lactones) is 1. The Morgan fingerprint density at radius 1 is 1.08 bits per heavy atom. The lowest BCUT2D eigenvalue weighted by atomic mass is 9.84. The molecule has 4 aromatic rings. The summed E-state index contributed by atoms with van der Waals surface area (Å²) in [4.78, 5) is 81.9. The molecule has 5 heterocycles. The van der Waals surface area contributed by atoms with Crippen LogP contribution in [0.1, 0.15) is 64.2 Å². The van der Waals surface area contributed by atoms with Crippen molar-refractivity contribution < 1.29 is 43.4 Å². The van der Waals surface area contributed by atoms with E-state index in [-0.39, 0.29) is 37.8 Å². The van der Waals surface area contributed by atoms with Crippen molar-refractivity contribution in [3.63, 3.8) is 0 Å². The highest BCUT2D eigenvalue weighted by molar-refractivity contribution is 5.96. The molecule has 0 spiro atoms. The summed E-state index contributed by atoms with van der Waals surface area (Å²) in [7, 11) is 6.18. The number of phenols is 1. The van der Waals surface area contributed by atoms with Crippen LogP contribution in [0, 0.1) is 11.3 Å². The Balaban J connectivity index is 1.28. The number of hydrogen-bond acceptors (Lipinski definition) is 12. The van der Waals surface area contributed by atoms with Gasteiger partial charge in [0.1, 0.15) is 29.9 Å². The number of fused-ring (bicyclic) bond motifs is 6. The molecule has 66 heavy (non-hydrogen) atoms. The average molecular weight is 909 g/mol. The lowest BCUT2D eigenvalue weighted by Crippen LogP contribution is -2.62. The number of nitrogens with zero attached hydrogens (tertiary/aromatic N) is 6. The Bertz CT molecular complexity index is 2490. The highest BCUT2D eigenvalue weighted by atomic mass is 16.7. The molecule has 17 nitrogen and oxygen atoms in total. The number of nitrogens with one attached hydrogen (secondary N) is 2. The maximum absolute atomic E-state index is 14.7. The van der Waals surface area contributed by atoms with Gasteiger partial charge in [-0.1, -0.05) is 39.8 Å². The van der Waals surface area contributed by atoms with E-state index in [9.17, 15) is 29.1 Å². The standard InChI is InChI=1S/C49H64N8O9/c1-10-55-40-14-13-31-22-35(40)36(44(55)37-24-50-16-15-32(37)27-64-8)23-49(4,5)28-66-48(63)38-12-11-17-56(52-38)46(61)39(20-30-18-33(31)21-34(58)19-30)51-45(60)43(29(2)3)54(7)42(59)26-53(6)47(62)41-25-57(41)65-9/h13-16,18-19,21-22,24,29,38-39,41,43,52,58H,10-12,17,20,23,25-28H2,1-9H3,(H,51,60)/t38-,39-,41+,43-,57?/m0/s1. The molecule has 7 rings (SSSR count). The van der Waals surface area contributed by atoms with Crippen LogP contribution < -0.4 is 10.7 Å². The van der Waals surface area contributed by atoms with Gasteiger partial charge in [-0.05, 0) is 90.3 Å². The number of carbonyl (C=O) groups excluding carboxylic acids is 5. The highest BCUT2D eigenvalue weighted by Crippen LogP contribution is 2.41. The molecule has 17 heteroatoms. The molecular weight excluding hydrogens is 845 g/mol. The van der Waals surface area contributed by atoms with Crippen molar-refractivity contribution in [2.24, 2.45) is 11.3 Å². The fraction of sp³-hybridized carbons (Fsp3) is 0.510. The number of amides is 4. The largest absolute Gasteiger partial charge is 0.508 e. The third-order valence-corrected chi connectivity index (χ3v) is 12.9. The first-order valence-corrected chi connectivity index (χ1v) is 22.7. The summed E-state index contributed by atoms with van der Waals surface area (Å²) in [5.41, 5.74) is 9.64. The van der Waals surface area contributed by atoms with Crippen molar-refractivity contribution in [2.75, 3.05) is 54.6 Å². The van der Waals surface area contributed by atoms with Crippen LogP contribution in [-0.2, 0) is 64.3 Å². The summed E-state index contributed by atoms with van der Waals surface area (Å²) < 4.78 is 14.0. The van der Waals surface area contributed by atoms with E-state index in [4.69, 9.17) is 14.3 Å². The van der Waals surface area contributed by atoms with E-state index in [0.29, 0.717) is 50.1 Å². The van der Waals surface area contributed by atoms with Gasteiger partial charge in [0.25, 0.3) is 5.91 Å². The van der Waals surface area contributed by atoms with Gasteiger partial charge in [0.05, 0.1) is 39.1 Å². The van der Waals surface area contributed by atoms with Gasteiger partial charge in [-0.25, -0.2) is 5.43 Å². The van der Waals surface area contributed by atoms with Gasteiger partial charge in [-0.15, -0.1) is 0 Å². The molecule has 0 aliphatic carbocycles. The second kappa shape index (κ2) is 19.9. The van der Waals surface area contributed by atoms with Gasteiger partial charge in [0, 0.05) is 75.0 Å². The summed E-state index contributed by atoms with van der Waals surface area (Å²) in [5, 5.41) is 18.1. The summed E-state index contributed by atoms with van der Waals surface area (Å²) >= 11 is 0. The van der Waals surface area contributed by atoms with Gasteiger partial charge in [0.15, 0.2) is 0 Å². The number of phenolic OH excluding ortho intramolecular Hbond substituents is 1. The number of rotatable bonds is 12. The van der Waals surface area contributed by atoms with Crippen LogP contribution in [0.25, 0.3) is 33.3 Å². The van der Waals surface area contributed by atoms with Crippen molar-refractivity contribution in [2.45, 2.75) is 97.6 Å². The number of methoxy groups -OCH3 is 1. The Hall–Kier alpha value is -5.88. The third kappa shape index (κ3) is 10.2. The summed E-state index contributed by atoms with van der Waals surface area (Å²) in [6.07, 6.45) is 5.07.